The van der Waals surface area contributed by atoms with E-state index in [1.54, 1.807) is 0 Å². The SMILES string of the molecule is COCC1(C(N)=O)CCCN1C(=O)c1ccnn1CC(F)(F)F. The largest absolute Gasteiger partial charge is 0.408 e. The van der Waals surface area contributed by atoms with E-state index in [0.29, 0.717) is 17.5 Å². The van der Waals surface area contributed by atoms with Gasteiger partial charge in [0, 0.05) is 19.9 Å². The summed E-state index contributed by atoms with van der Waals surface area (Å²) in [5.41, 5.74) is 3.83. The van der Waals surface area contributed by atoms with Crippen LogP contribution in [0.1, 0.15) is 23.3 Å². The third-order valence-corrected chi connectivity index (χ3v) is 3.84. The van der Waals surface area contributed by atoms with Crippen LogP contribution >= 0.6 is 0 Å². The lowest BCUT2D eigenvalue weighted by molar-refractivity contribution is -0.143. The predicted molar refractivity (Wildman–Crippen MR) is 72.4 cm³/mol. The summed E-state index contributed by atoms with van der Waals surface area (Å²) in [7, 11) is 1.36. The highest BCUT2D eigenvalue weighted by atomic mass is 19.4. The molecular formula is C13H17F3N4O3. The molecule has 2 heterocycles. The second-order valence-electron chi connectivity index (χ2n) is 5.38. The van der Waals surface area contributed by atoms with E-state index in [-0.39, 0.29) is 18.8 Å². The Labute approximate surface area is 130 Å². The van der Waals surface area contributed by atoms with Gasteiger partial charge in [0.1, 0.15) is 17.8 Å². The maximum atomic E-state index is 12.6. The van der Waals surface area contributed by atoms with Crippen LogP contribution in [0.15, 0.2) is 12.3 Å². The third-order valence-electron chi connectivity index (χ3n) is 3.84. The van der Waals surface area contributed by atoms with Crippen LogP contribution in [0.5, 0.6) is 0 Å². The van der Waals surface area contributed by atoms with E-state index in [9.17, 15) is 22.8 Å². The number of nitrogens with two attached hydrogens (primary N) is 1. The molecule has 1 aromatic heterocycles. The second kappa shape index (κ2) is 6.19. The van der Waals surface area contributed by atoms with Gasteiger partial charge in [-0.1, -0.05) is 0 Å². The number of alkyl halides is 3. The molecule has 1 fully saturated rings. The van der Waals surface area contributed by atoms with Crippen molar-refractivity contribution in [3.8, 4) is 0 Å². The van der Waals surface area contributed by atoms with E-state index < -0.39 is 30.1 Å². The fourth-order valence-electron chi connectivity index (χ4n) is 2.84. The van der Waals surface area contributed by atoms with E-state index >= 15 is 0 Å². The van der Waals surface area contributed by atoms with Gasteiger partial charge in [-0.05, 0) is 18.9 Å². The van der Waals surface area contributed by atoms with E-state index in [1.807, 2.05) is 0 Å². The van der Waals surface area contributed by atoms with Crippen LogP contribution in [0, 0.1) is 0 Å². The van der Waals surface area contributed by atoms with E-state index in [4.69, 9.17) is 10.5 Å². The Morgan fingerprint density at radius 1 is 1.48 bits per heavy atom. The molecule has 1 unspecified atom stereocenters. The van der Waals surface area contributed by atoms with Crippen molar-refractivity contribution in [1.29, 1.82) is 0 Å². The fourth-order valence-corrected chi connectivity index (χ4v) is 2.84. The molecule has 23 heavy (non-hydrogen) atoms. The standard InChI is InChI=1S/C13H17F3N4O3/c1-23-8-12(11(17)22)4-2-6-19(12)10(21)9-3-5-18-20(9)7-13(14,15)16/h3,5H,2,4,6-8H2,1H3,(H2,17,22). The van der Waals surface area contributed by atoms with Gasteiger partial charge in [-0.3, -0.25) is 14.3 Å². The summed E-state index contributed by atoms with van der Waals surface area (Å²) in [6, 6.07) is 1.19. The van der Waals surface area contributed by atoms with Crippen molar-refractivity contribution in [1.82, 2.24) is 14.7 Å². The van der Waals surface area contributed by atoms with Gasteiger partial charge < -0.3 is 15.4 Å². The van der Waals surface area contributed by atoms with Crippen LogP contribution in [0.25, 0.3) is 0 Å². The molecule has 0 aliphatic carbocycles. The van der Waals surface area contributed by atoms with Gasteiger partial charge in [0.05, 0.1) is 6.61 Å². The van der Waals surface area contributed by atoms with Crippen LogP contribution in [-0.2, 0) is 16.1 Å². The lowest BCUT2D eigenvalue weighted by Crippen LogP contribution is -2.59. The minimum Gasteiger partial charge on any atom is -0.382 e. The van der Waals surface area contributed by atoms with Crippen molar-refractivity contribution >= 4 is 11.8 Å². The number of nitrogens with zero attached hydrogens (tertiary/aromatic N) is 3. The highest BCUT2D eigenvalue weighted by molar-refractivity contribution is 5.98. The molecule has 1 aliphatic heterocycles. The predicted octanol–water partition coefficient (Wildman–Crippen LogP) is 0.552. The van der Waals surface area contributed by atoms with Gasteiger partial charge in [-0.2, -0.15) is 18.3 Å². The minimum atomic E-state index is -4.51. The fraction of sp³-hybridized carbons (Fsp3) is 0.615. The summed E-state index contributed by atoms with van der Waals surface area (Å²) in [4.78, 5) is 25.7. The maximum Gasteiger partial charge on any atom is 0.408 e. The van der Waals surface area contributed by atoms with Gasteiger partial charge in [0.2, 0.25) is 5.91 Å². The maximum absolute atomic E-state index is 12.6. The molecule has 0 bridgehead atoms. The quantitative estimate of drug-likeness (QED) is 0.851. The van der Waals surface area contributed by atoms with Crippen LogP contribution in [0.4, 0.5) is 13.2 Å². The molecule has 2 N–H and O–H groups in total. The average Bonchev–Trinajstić information content (AvgIpc) is 3.04. The molecule has 128 valence electrons. The molecule has 10 heteroatoms. The first-order chi connectivity index (χ1) is 10.7. The minimum absolute atomic E-state index is 0.110. The Hall–Kier alpha value is -2.10. The number of methoxy groups -OCH3 is 1. The number of hydrogen-bond acceptors (Lipinski definition) is 4. The summed E-state index contributed by atoms with van der Waals surface area (Å²) >= 11 is 0. The van der Waals surface area contributed by atoms with E-state index in [2.05, 4.69) is 5.10 Å². The second-order valence-corrected chi connectivity index (χ2v) is 5.38. The van der Waals surface area contributed by atoms with E-state index in [1.165, 1.54) is 18.1 Å². The molecule has 0 aromatic carbocycles. The monoisotopic (exact) mass is 334 g/mol. The Bertz CT molecular complexity index is 602. The summed E-state index contributed by atoms with van der Waals surface area (Å²) in [5.74, 6) is -1.47. The van der Waals surface area contributed by atoms with Crippen molar-refractivity contribution in [2.45, 2.75) is 31.1 Å². The first-order valence-corrected chi connectivity index (χ1v) is 6.90. The molecule has 0 saturated carbocycles. The number of halogens is 3. The molecule has 2 amide bonds. The Kier molecular flexibility index (Phi) is 4.64. The van der Waals surface area contributed by atoms with Gasteiger partial charge in [-0.15, -0.1) is 0 Å². The molecule has 0 spiro atoms. The molecule has 1 aromatic rings. The molecular weight excluding hydrogens is 317 g/mol. The van der Waals surface area contributed by atoms with Crippen molar-refractivity contribution in [2.75, 3.05) is 20.3 Å². The van der Waals surface area contributed by atoms with Crippen LogP contribution < -0.4 is 5.73 Å². The first-order valence-electron chi connectivity index (χ1n) is 6.90. The van der Waals surface area contributed by atoms with Crippen LogP contribution in [0.3, 0.4) is 0 Å². The van der Waals surface area contributed by atoms with Crippen molar-refractivity contribution in [3.63, 3.8) is 0 Å². The van der Waals surface area contributed by atoms with Crippen LogP contribution in [-0.4, -0.2) is 58.5 Å². The zero-order valence-corrected chi connectivity index (χ0v) is 12.5. The number of aromatic nitrogens is 2. The van der Waals surface area contributed by atoms with Gasteiger partial charge >= 0.3 is 6.18 Å². The number of amides is 2. The molecule has 1 aliphatic rings. The Morgan fingerprint density at radius 3 is 2.74 bits per heavy atom. The number of likely N-dealkylation sites (tertiary alicyclic amines) is 1. The van der Waals surface area contributed by atoms with Gasteiger partial charge in [0.15, 0.2) is 0 Å². The summed E-state index contributed by atoms with van der Waals surface area (Å²) in [6.45, 7) is -1.29. The summed E-state index contributed by atoms with van der Waals surface area (Å²) in [6.07, 6.45) is -2.60. The number of ether oxygens (including phenoxy) is 1. The number of rotatable bonds is 5. The molecule has 7 nitrogen and oxygen atoms in total. The third kappa shape index (κ3) is 3.31. The normalized spacial score (nSPS) is 21.7. The molecule has 0 radical (unpaired) electrons. The zero-order chi connectivity index (χ0) is 17.3. The number of primary amides is 1. The smallest absolute Gasteiger partial charge is 0.382 e. The number of carbonyl (C=O) groups excluding carboxylic acids is 2. The topological polar surface area (TPSA) is 90.4 Å². The van der Waals surface area contributed by atoms with E-state index in [0.717, 1.165) is 6.20 Å². The highest BCUT2D eigenvalue weighted by Gasteiger charge is 2.49. The Balaban J connectivity index is 2.33. The summed E-state index contributed by atoms with van der Waals surface area (Å²) in [5, 5.41) is 3.53. The van der Waals surface area contributed by atoms with Crippen molar-refractivity contribution in [3.05, 3.63) is 18.0 Å². The zero-order valence-electron chi connectivity index (χ0n) is 12.5. The van der Waals surface area contributed by atoms with Crippen LogP contribution in [0.2, 0.25) is 0 Å². The van der Waals surface area contributed by atoms with Crippen molar-refractivity contribution in [2.24, 2.45) is 5.73 Å². The van der Waals surface area contributed by atoms with Gasteiger partial charge in [0.25, 0.3) is 5.91 Å². The molecule has 1 saturated heterocycles. The lowest BCUT2D eigenvalue weighted by atomic mass is 9.96. The number of carbonyl (C=O) groups is 2. The van der Waals surface area contributed by atoms with Gasteiger partial charge in [-0.25, -0.2) is 0 Å². The highest BCUT2D eigenvalue weighted by Crippen LogP contribution is 2.31. The molecule has 1 atom stereocenters. The number of hydrogen-bond donors (Lipinski definition) is 1. The Morgan fingerprint density at radius 2 is 2.17 bits per heavy atom. The molecule has 2 rings (SSSR count). The first kappa shape index (κ1) is 17.3. The van der Waals surface area contributed by atoms with Crippen molar-refractivity contribution < 1.29 is 27.5 Å². The summed E-state index contributed by atoms with van der Waals surface area (Å²) < 4.78 is 43.3. The average molecular weight is 334 g/mol. The lowest BCUT2D eigenvalue weighted by Gasteiger charge is -2.35.